The molecule has 112 valence electrons. The molecule has 0 saturated heterocycles. The SMILES string of the molecule is CC1Oc2cc(N)ccc2N=C1Nc1cccc([N+](=O)[O-])c1. The number of nitro benzene ring substituents is 1. The minimum atomic E-state index is -0.439. The third kappa shape index (κ3) is 2.69. The number of ether oxygens (including phenoxy) is 1. The van der Waals surface area contributed by atoms with E-state index >= 15 is 0 Å². The van der Waals surface area contributed by atoms with Crippen LogP contribution in [0.5, 0.6) is 5.75 Å². The molecule has 0 saturated carbocycles. The molecule has 3 rings (SSSR count). The number of nitro groups is 1. The quantitative estimate of drug-likeness (QED) is 0.504. The number of rotatable bonds is 2. The molecule has 22 heavy (non-hydrogen) atoms. The molecule has 0 aromatic heterocycles. The maximum absolute atomic E-state index is 10.8. The highest BCUT2D eigenvalue weighted by Gasteiger charge is 2.21. The summed E-state index contributed by atoms with van der Waals surface area (Å²) in [5.41, 5.74) is 7.60. The molecule has 1 aliphatic rings. The van der Waals surface area contributed by atoms with Gasteiger partial charge in [-0.2, -0.15) is 0 Å². The minimum Gasteiger partial charge on any atom is -0.480 e. The maximum Gasteiger partial charge on any atom is 0.271 e. The molecule has 0 radical (unpaired) electrons. The summed E-state index contributed by atoms with van der Waals surface area (Å²) in [5, 5.41) is 13.9. The number of non-ortho nitro benzene ring substituents is 1. The topological polar surface area (TPSA) is 103 Å². The second-order valence-electron chi connectivity index (χ2n) is 4.92. The van der Waals surface area contributed by atoms with Gasteiger partial charge in [0.15, 0.2) is 6.10 Å². The molecule has 0 spiro atoms. The van der Waals surface area contributed by atoms with Crippen LogP contribution in [-0.2, 0) is 0 Å². The second-order valence-corrected chi connectivity index (χ2v) is 4.92. The van der Waals surface area contributed by atoms with Crippen molar-refractivity contribution in [3.05, 3.63) is 52.6 Å². The van der Waals surface area contributed by atoms with Gasteiger partial charge in [0.2, 0.25) is 0 Å². The van der Waals surface area contributed by atoms with Crippen LogP contribution in [0.2, 0.25) is 0 Å². The molecule has 1 aliphatic heterocycles. The van der Waals surface area contributed by atoms with Crippen molar-refractivity contribution in [3.63, 3.8) is 0 Å². The van der Waals surface area contributed by atoms with Crippen molar-refractivity contribution < 1.29 is 9.66 Å². The lowest BCUT2D eigenvalue weighted by atomic mass is 10.2. The van der Waals surface area contributed by atoms with Gasteiger partial charge < -0.3 is 15.8 Å². The number of nitrogens with two attached hydrogens (primary N) is 1. The minimum absolute atomic E-state index is 0.0168. The standard InChI is InChI=1S/C15H14N4O3/c1-9-15(17-11-3-2-4-12(8-11)19(20)21)18-13-6-5-10(16)7-14(13)22-9/h2-9H,16H2,1H3,(H,17,18). The zero-order valence-electron chi connectivity index (χ0n) is 11.8. The molecule has 1 unspecified atom stereocenters. The molecule has 0 aliphatic carbocycles. The highest BCUT2D eigenvalue weighted by atomic mass is 16.6. The number of nitrogens with zero attached hydrogens (tertiary/aromatic N) is 2. The van der Waals surface area contributed by atoms with E-state index in [1.165, 1.54) is 12.1 Å². The van der Waals surface area contributed by atoms with Crippen LogP contribution in [0.15, 0.2) is 47.5 Å². The monoisotopic (exact) mass is 298 g/mol. The van der Waals surface area contributed by atoms with E-state index in [0.717, 1.165) is 0 Å². The van der Waals surface area contributed by atoms with Crippen molar-refractivity contribution in [2.45, 2.75) is 13.0 Å². The number of nitrogen functional groups attached to an aromatic ring is 1. The predicted octanol–water partition coefficient (Wildman–Crippen LogP) is 3.10. The maximum atomic E-state index is 10.8. The van der Waals surface area contributed by atoms with Crippen LogP contribution in [0.3, 0.4) is 0 Å². The zero-order chi connectivity index (χ0) is 15.7. The third-order valence-corrected chi connectivity index (χ3v) is 3.24. The lowest BCUT2D eigenvalue weighted by Crippen LogP contribution is -2.32. The Morgan fingerprint density at radius 2 is 2.14 bits per heavy atom. The molecule has 7 nitrogen and oxygen atoms in total. The fourth-order valence-electron chi connectivity index (χ4n) is 2.16. The largest absolute Gasteiger partial charge is 0.480 e. The Kier molecular flexibility index (Phi) is 3.38. The van der Waals surface area contributed by atoms with Crippen LogP contribution in [-0.4, -0.2) is 16.9 Å². The van der Waals surface area contributed by atoms with E-state index in [9.17, 15) is 10.1 Å². The van der Waals surface area contributed by atoms with Crippen molar-refractivity contribution in [1.29, 1.82) is 0 Å². The number of amidine groups is 1. The van der Waals surface area contributed by atoms with Gasteiger partial charge in [-0.1, -0.05) is 6.07 Å². The molecule has 7 heteroatoms. The van der Waals surface area contributed by atoms with Crippen LogP contribution in [0.4, 0.5) is 22.7 Å². The summed E-state index contributed by atoms with van der Waals surface area (Å²) in [5.74, 6) is 1.20. The van der Waals surface area contributed by atoms with E-state index in [4.69, 9.17) is 10.5 Å². The zero-order valence-corrected chi connectivity index (χ0v) is 11.8. The van der Waals surface area contributed by atoms with Crippen LogP contribution in [0.25, 0.3) is 0 Å². The Morgan fingerprint density at radius 3 is 2.91 bits per heavy atom. The van der Waals surface area contributed by atoms with Crippen LogP contribution >= 0.6 is 0 Å². The summed E-state index contributed by atoms with van der Waals surface area (Å²) in [7, 11) is 0. The van der Waals surface area contributed by atoms with Crippen molar-refractivity contribution in [3.8, 4) is 5.75 Å². The van der Waals surface area contributed by atoms with E-state index in [2.05, 4.69) is 10.3 Å². The van der Waals surface area contributed by atoms with Gasteiger partial charge in [-0.05, 0) is 25.1 Å². The lowest BCUT2D eigenvalue weighted by molar-refractivity contribution is -0.384. The molecule has 1 atom stereocenters. The fourth-order valence-corrected chi connectivity index (χ4v) is 2.16. The van der Waals surface area contributed by atoms with Crippen molar-refractivity contribution in [2.75, 3.05) is 11.1 Å². The highest BCUT2D eigenvalue weighted by molar-refractivity contribution is 6.01. The van der Waals surface area contributed by atoms with Gasteiger partial charge in [-0.15, -0.1) is 0 Å². The molecular formula is C15H14N4O3. The number of nitrogens with one attached hydrogen (secondary N) is 1. The normalized spacial score (nSPS) is 16.2. The number of benzene rings is 2. The number of hydrogen-bond donors (Lipinski definition) is 2. The average molecular weight is 298 g/mol. The van der Waals surface area contributed by atoms with Crippen LogP contribution in [0, 0.1) is 10.1 Å². The van der Waals surface area contributed by atoms with Crippen LogP contribution in [0.1, 0.15) is 6.92 Å². The third-order valence-electron chi connectivity index (χ3n) is 3.24. The fraction of sp³-hybridized carbons (Fsp3) is 0.133. The summed E-state index contributed by atoms with van der Waals surface area (Å²) in [6.45, 7) is 1.84. The van der Waals surface area contributed by atoms with Gasteiger partial charge in [0.25, 0.3) is 5.69 Å². The van der Waals surface area contributed by atoms with Crippen molar-refractivity contribution >= 4 is 28.6 Å². The Balaban J connectivity index is 1.90. The van der Waals surface area contributed by atoms with Gasteiger partial charge in [0.05, 0.1) is 4.92 Å². The Morgan fingerprint density at radius 1 is 1.32 bits per heavy atom. The average Bonchev–Trinajstić information content (AvgIpc) is 2.48. The number of aliphatic imine (C=N–C) groups is 1. The predicted molar refractivity (Wildman–Crippen MR) is 84.8 cm³/mol. The highest BCUT2D eigenvalue weighted by Crippen LogP contribution is 2.34. The van der Waals surface area contributed by atoms with E-state index in [0.29, 0.717) is 28.6 Å². The summed E-state index contributed by atoms with van der Waals surface area (Å²) in [6, 6.07) is 11.5. The molecule has 2 aromatic carbocycles. The lowest BCUT2D eigenvalue weighted by Gasteiger charge is -2.24. The Labute approximate surface area is 126 Å². The second kappa shape index (κ2) is 5.36. The molecule has 3 N–H and O–H groups in total. The van der Waals surface area contributed by atoms with Gasteiger partial charge >= 0.3 is 0 Å². The number of hydrogen-bond acceptors (Lipinski definition) is 6. The molecule has 0 bridgehead atoms. The molecule has 1 heterocycles. The first-order chi connectivity index (χ1) is 10.5. The smallest absolute Gasteiger partial charge is 0.271 e. The van der Waals surface area contributed by atoms with Gasteiger partial charge in [-0.25, -0.2) is 4.99 Å². The van der Waals surface area contributed by atoms with E-state index < -0.39 is 4.92 Å². The van der Waals surface area contributed by atoms with Gasteiger partial charge in [0, 0.05) is 29.6 Å². The summed E-state index contributed by atoms with van der Waals surface area (Å²) in [6.07, 6.45) is -0.312. The Hall–Kier alpha value is -3.09. The molecule has 2 aromatic rings. The van der Waals surface area contributed by atoms with E-state index in [1.807, 2.05) is 6.92 Å². The summed E-state index contributed by atoms with van der Waals surface area (Å²) in [4.78, 5) is 14.9. The summed E-state index contributed by atoms with van der Waals surface area (Å²) < 4.78 is 5.77. The van der Waals surface area contributed by atoms with Gasteiger partial charge in [-0.3, -0.25) is 10.1 Å². The van der Waals surface area contributed by atoms with E-state index in [-0.39, 0.29) is 11.8 Å². The number of anilines is 2. The van der Waals surface area contributed by atoms with Gasteiger partial charge in [0.1, 0.15) is 17.3 Å². The first kappa shape index (κ1) is 13.9. The van der Waals surface area contributed by atoms with Crippen LogP contribution < -0.4 is 15.8 Å². The molecular weight excluding hydrogens is 284 g/mol. The summed E-state index contributed by atoms with van der Waals surface area (Å²) >= 11 is 0. The molecule has 0 fully saturated rings. The van der Waals surface area contributed by atoms with E-state index in [1.54, 1.807) is 30.3 Å². The first-order valence-corrected chi connectivity index (χ1v) is 6.69. The van der Waals surface area contributed by atoms with Crippen molar-refractivity contribution in [2.24, 2.45) is 4.99 Å². The Bertz CT molecular complexity index is 773. The van der Waals surface area contributed by atoms with Crippen molar-refractivity contribution in [1.82, 2.24) is 0 Å². The molecule has 0 amide bonds. The number of fused-ring (bicyclic) bond motifs is 1. The first-order valence-electron chi connectivity index (χ1n) is 6.69.